The van der Waals surface area contributed by atoms with Crippen LogP contribution >= 0.6 is 0 Å². The molecule has 0 amide bonds. The maximum Gasteiger partial charge on any atom is 0.229 e. The topological polar surface area (TPSA) is 79.2 Å². The van der Waals surface area contributed by atoms with Gasteiger partial charge in [-0.2, -0.15) is 0 Å². The molecule has 1 aliphatic rings. The van der Waals surface area contributed by atoms with Crippen LogP contribution in [-0.2, 0) is 4.74 Å². The number of hydrogen-bond acceptors (Lipinski definition) is 5. The van der Waals surface area contributed by atoms with Crippen LogP contribution in [0, 0.1) is 0 Å². The molecule has 3 rings (SSSR count). The second kappa shape index (κ2) is 5.38. The Morgan fingerprint density at radius 2 is 1.75 bits per heavy atom. The SMILES string of the molecule is OC[C@H]1O[C@@H](Oc2cccc3ccccc23)[C@H](O)[C@H]1O. The first kappa shape index (κ1) is 13.3. The summed E-state index contributed by atoms with van der Waals surface area (Å²) in [7, 11) is 0. The Hall–Kier alpha value is -1.66. The number of fused-ring (bicyclic) bond motifs is 1. The molecule has 5 heteroatoms. The van der Waals surface area contributed by atoms with Crippen molar-refractivity contribution in [2.24, 2.45) is 0 Å². The third-order valence-corrected chi connectivity index (χ3v) is 3.49. The van der Waals surface area contributed by atoms with Gasteiger partial charge in [-0.05, 0) is 11.5 Å². The largest absolute Gasteiger partial charge is 0.461 e. The van der Waals surface area contributed by atoms with Gasteiger partial charge in [0.05, 0.1) is 6.61 Å². The molecule has 3 N–H and O–H groups in total. The molecule has 1 heterocycles. The van der Waals surface area contributed by atoms with Crippen molar-refractivity contribution in [1.29, 1.82) is 0 Å². The van der Waals surface area contributed by atoms with Crippen LogP contribution in [0.15, 0.2) is 42.5 Å². The molecule has 0 radical (unpaired) electrons. The van der Waals surface area contributed by atoms with E-state index in [1.54, 1.807) is 6.07 Å². The minimum Gasteiger partial charge on any atom is -0.461 e. The second-order valence-electron chi connectivity index (χ2n) is 4.80. The average molecular weight is 276 g/mol. The van der Waals surface area contributed by atoms with Crippen LogP contribution in [0.25, 0.3) is 10.8 Å². The maximum absolute atomic E-state index is 9.88. The minimum absolute atomic E-state index is 0.367. The molecule has 1 saturated heterocycles. The zero-order valence-corrected chi connectivity index (χ0v) is 10.7. The normalized spacial score (nSPS) is 29.8. The van der Waals surface area contributed by atoms with Gasteiger partial charge in [-0.3, -0.25) is 0 Å². The van der Waals surface area contributed by atoms with Crippen molar-refractivity contribution in [2.45, 2.75) is 24.6 Å². The van der Waals surface area contributed by atoms with Gasteiger partial charge >= 0.3 is 0 Å². The monoisotopic (exact) mass is 276 g/mol. The van der Waals surface area contributed by atoms with Crippen molar-refractivity contribution in [1.82, 2.24) is 0 Å². The van der Waals surface area contributed by atoms with E-state index >= 15 is 0 Å². The Balaban J connectivity index is 1.87. The quantitative estimate of drug-likeness (QED) is 0.767. The van der Waals surface area contributed by atoms with E-state index in [1.807, 2.05) is 36.4 Å². The molecule has 1 aliphatic heterocycles. The fraction of sp³-hybridized carbons (Fsp3) is 0.333. The van der Waals surface area contributed by atoms with Gasteiger partial charge in [0.2, 0.25) is 6.29 Å². The molecular formula is C15H16O5. The Kier molecular flexibility index (Phi) is 3.58. The minimum atomic E-state index is -1.19. The fourth-order valence-electron chi connectivity index (χ4n) is 2.39. The summed E-state index contributed by atoms with van der Waals surface area (Å²) in [6, 6.07) is 13.3. The van der Waals surface area contributed by atoms with E-state index in [0.717, 1.165) is 10.8 Å². The molecule has 4 atom stereocenters. The summed E-state index contributed by atoms with van der Waals surface area (Å²) in [6.07, 6.45) is -4.16. The van der Waals surface area contributed by atoms with Crippen LogP contribution in [0.4, 0.5) is 0 Å². The van der Waals surface area contributed by atoms with Crippen molar-refractivity contribution in [3.8, 4) is 5.75 Å². The highest BCUT2D eigenvalue weighted by molar-refractivity contribution is 5.88. The zero-order valence-electron chi connectivity index (χ0n) is 10.7. The fourth-order valence-corrected chi connectivity index (χ4v) is 2.39. The number of aliphatic hydroxyl groups is 3. The van der Waals surface area contributed by atoms with Crippen LogP contribution in [0.1, 0.15) is 0 Å². The van der Waals surface area contributed by atoms with Crippen molar-refractivity contribution in [3.63, 3.8) is 0 Å². The molecule has 0 aromatic heterocycles. The van der Waals surface area contributed by atoms with Gasteiger partial charge in [0.25, 0.3) is 0 Å². The molecule has 2 aromatic rings. The predicted octanol–water partition coefficient (Wildman–Crippen LogP) is 0.658. The number of hydrogen-bond donors (Lipinski definition) is 3. The van der Waals surface area contributed by atoms with Crippen LogP contribution in [0.3, 0.4) is 0 Å². The summed E-state index contributed by atoms with van der Waals surface area (Å²) in [4.78, 5) is 0. The lowest BCUT2D eigenvalue weighted by molar-refractivity contribution is -0.115. The van der Waals surface area contributed by atoms with E-state index in [9.17, 15) is 10.2 Å². The summed E-state index contributed by atoms with van der Waals surface area (Å²) in [5.74, 6) is 0.568. The molecule has 0 aliphatic carbocycles. The summed E-state index contributed by atoms with van der Waals surface area (Å²) in [5, 5.41) is 30.6. The highest BCUT2D eigenvalue weighted by Gasteiger charge is 2.43. The second-order valence-corrected chi connectivity index (χ2v) is 4.80. The number of benzene rings is 2. The first-order valence-corrected chi connectivity index (χ1v) is 6.47. The van der Waals surface area contributed by atoms with Crippen LogP contribution in [0.2, 0.25) is 0 Å². The van der Waals surface area contributed by atoms with Crippen molar-refractivity contribution >= 4 is 10.8 Å². The molecule has 0 bridgehead atoms. The number of rotatable bonds is 3. The lowest BCUT2D eigenvalue weighted by atomic mass is 10.1. The van der Waals surface area contributed by atoms with Crippen molar-refractivity contribution < 1.29 is 24.8 Å². The Labute approximate surface area is 116 Å². The van der Waals surface area contributed by atoms with Crippen LogP contribution in [-0.4, -0.2) is 46.5 Å². The number of ether oxygens (including phenoxy) is 2. The van der Waals surface area contributed by atoms with E-state index in [2.05, 4.69) is 0 Å². The highest BCUT2D eigenvalue weighted by atomic mass is 16.7. The molecule has 0 saturated carbocycles. The lowest BCUT2D eigenvalue weighted by Gasteiger charge is -2.18. The van der Waals surface area contributed by atoms with E-state index in [0.29, 0.717) is 5.75 Å². The molecule has 1 fully saturated rings. The van der Waals surface area contributed by atoms with E-state index in [1.165, 1.54) is 0 Å². The Bertz CT molecular complexity index is 594. The van der Waals surface area contributed by atoms with Crippen molar-refractivity contribution in [2.75, 3.05) is 6.61 Å². The van der Waals surface area contributed by atoms with Gasteiger partial charge in [0, 0.05) is 5.39 Å². The first-order valence-electron chi connectivity index (χ1n) is 6.47. The maximum atomic E-state index is 9.88. The number of aliphatic hydroxyl groups excluding tert-OH is 3. The summed E-state index contributed by atoms with van der Waals surface area (Å²) in [6.45, 7) is -0.367. The highest BCUT2D eigenvalue weighted by Crippen LogP contribution is 2.29. The molecule has 20 heavy (non-hydrogen) atoms. The van der Waals surface area contributed by atoms with Crippen LogP contribution < -0.4 is 4.74 Å². The predicted molar refractivity (Wildman–Crippen MR) is 72.3 cm³/mol. The summed E-state index contributed by atoms with van der Waals surface area (Å²) < 4.78 is 11.0. The van der Waals surface area contributed by atoms with Gasteiger partial charge in [-0.1, -0.05) is 36.4 Å². The molecule has 5 nitrogen and oxygen atoms in total. The van der Waals surface area contributed by atoms with Gasteiger partial charge in [0.1, 0.15) is 24.1 Å². The van der Waals surface area contributed by atoms with E-state index in [4.69, 9.17) is 14.6 Å². The molecular weight excluding hydrogens is 260 g/mol. The molecule has 2 aromatic carbocycles. The van der Waals surface area contributed by atoms with E-state index in [-0.39, 0.29) is 6.61 Å². The van der Waals surface area contributed by atoms with Gasteiger partial charge in [-0.25, -0.2) is 0 Å². The van der Waals surface area contributed by atoms with Crippen LogP contribution in [0.5, 0.6) is 5.75 Å². The Morgan fingerprint density at radius 1 is 1.00 bits per heavy atom. The summed E-state index contributed by atoms with van der Waals surface area (Å²) >= 11 is 0. The standard InChI is InChI=1S/C15H16O5/c16-8-12-13(17)14(18)15(20-12)19-11-7-3-5-9-4-1-2-6-10(9)11/h1-7,12-18H,8H2/t12-,13+,14-,15-/m1/s1. The molecule has 106 valence electrons. The Morgan fingerprint density at radius 3 is 2.50 bits per heavy atom. The van der Waals surface area contributed by atoms with E-state index < -0.39 is 24.6 Å². The molecule has 0 unspecified atom stereocenters. The van der Waals surface area contributed by atoms with Crippen molar-refractivity contribution in [3.05, 3.63) is 42.5 Å². The summed E-state index contributed by atoms with van der Waals surface area (Å²) in [5.41, 5.74) is 0. The third kappa shape index (κ3) is 2.25. The average Bonchev–Trinajstić information content (AvgIpc) is 2.75. The lowest BCUT2D eigenvalue weighted by Crippen LogP contribution is -2.35. The first-order chi connectivity index (χ1) is 9.70. The van der Waals surface area contributed by atoms with Gasteiger partial charge in [-0.15, -0.1) is 0 Å². The molecule has 0 spiro atoms. The van der Waals surface area contributed by atoms with Gasteiger partial charge in [0.15, 0.2) is 0 Å². The smallest absolute Gasteiger partial charge is 0.229 e. The third-order valence-electron chi connectivity index (χ3n) is 3.49. The van der Waals surface area contributed by atoms with Gasteiger partial charge < -0.3 is 24.8 Å². The zero-order chi connectivity index (χ0) is 14.1.